The van der Waals surface area contributed by atoms with Gasteiger partial charge in [0.1, 0.15) is 16.7 Å². The molecule has 0 aliphatic carbocycles. The Balaban J connectivity index is 1.95. The molecule has 3 aromatic rings. The van der Waals surface area contributed by atoms with E-state index in [1.54, 1.807) is 18.5 Å². The van der Waals surface area contributed by atoms with Crippen molar-refractivity contribution in [2.45, 2.75) is 20.0 Å². The minimum absolute atomic E-state index is 0.0113. The van der Waals surface area contributed by atoms with Gasteiger partial charge in [-0.2, -0.15) is 0 Å². The summed E-state index contributed by atoms with van der Waals surface area (Å²) in [6, 6.07) is 4.09. The molecule has 1 aromatic carbocycles. The van der Waals surface area contributed by atoms with Crippen molar-refractivity contribution in [2.75, 3.05) is 20.2 Å². The average Bonchev–Trinajstić information content (AvgIpc) is 2.99. The highest BCUT2D eigenvalue weighted by Gasteiger charge is 2.33. The second-order valence-electron chi connectivity index (χ2n) is 6.75. The predicted octanol–water partition coefficient (Wildman–Crippen LogP) is 2.23. The van der Waals surface area contributed by atoms with Gasteiger partial charge in [0, 0.05) is 20.1 Å². The zero-order valence-electron chi connectivity index (χ0n) is 15.8. The van der Waals surface area contributed by atoms with E-state index in [1.165, 1.54) is 23.1 Å². The third-order valence-corrected chi connectivity index (χ3v) is 5.20. The van der Waals surface area contributed by atoms with Gasteiger partial charge < -0.3 is 19.3 Å². The Morgan fingerprint density at radius 2 is 2.07 bits per heavy atom. The highest BCUT2D eigenvalue weighted by atomic mass is 35.5. The lowest BCUT2D eigenvalue weighted by molar-refractivity contribution is 0.0747. The van der Waals surface area contributed by atoms with Crippen LogP contribution in [-0.4, -0.2) is 50.5 Å². The van der Waals surface area contributed by atoms with Crippen LogP contribution in [0.15, 0.2) is 23.0 Å². The number of hydrogen-bond donors (Lipinski definition) is 1. The molecule has 0 saturated heterocycles. The Hall–Kier alpha value is -3.07. The number of halogens is 2. The van der Waals surface area contributed by atoms with Crippen LogP contribution in [0.25, 0.3) is 10.9 Å². The molecule has 10 heteroatoms. The predicted molar refractivity (Wildman–Crippen MR) is 104 cm³/mol. The number of hydrogen-bond acceptors (Lipinski definition) is 5. The number of carbonyl (C=O) groups excluding carboxylic acids is 1. The number of amides is 1. The Morgan fingerprint density at radius 1 is 1.31 bits per heavy atom. The zero-order chi connectivity index (χ0) is 20.9. The quantitative estimate of drug-likeness (QED) is 0.699. The van der Waals surface area contributed by atoms with Gasteiger partial charge in [-0.25, -0.2) is 9.07 Å². The van der Waals surface area contributed by atoms with E-state index in [2.05, 4.69) is 5.10 Å². The minimum Gasteiger partial charge on any atom is -0.505 e. The molecular formula is C19H18ClFN4O4. The van der Waals surface area contributed by atoms with Gasteiger partial charge in [-0.3, -0.25) is 9.59 Å². The van der Waals surface area contributed by atoms with Gasteiger partial charge in [-0.05, 0) is 24.6 Å². The van der Waals surface area contributed by atoms with Gasteiger partial charge in [0.05, 0.1) is 18.2 Å². The third-order valence-electron chi connectivity index (χ3n) is 4.91. The van der Waals surface area contributed by atoms with Crippen LogP contribution >= 0.6 is 11.6 Å². The van der Waals surface area contributed by atoms with Gasteiger partial charge in [0.15, 0.2) is 11.4 Å². The molecule has 0 unspecified atom stereocenters. The van der Waals surface area contributed by atoms with Crippen molar-refractivity contribution < 1.29 is 19.0 Å². The molecule has 2 aromatic heterocycles. The van der Waals surface area contributed by atoms with Crippen LogP contribution in [0.3, 0.4) is 0 Å². The second kappa shape index (κ2) is 7.07. The molecule has 0 atom stereocenters. The fraction of sp³-hybridized carbons (Fsp3) is 0.316. The second-order valence-corrected chi connectivity index (χ2v) is 7.16. The summed E-state index contributed by atoms with van der Waals surface area (Å²) >= 11 is 5.83. The monoisotopic (exact) mass is 420 g/mol. The first-order chi connectivity index (χ1) is 13.8. The fourth-order valence-corrected chi connectivity index (χ4v) is 3.69. The third kappa shape index (κ3) is 3.02. The number of aromatic nitrogens is 3. The number of rotatable bonds is 4. The van der Waals surface area contributed by atoms with Crippen molar-refractivity contribution in [3.8, 4) is 11.6 Å². The lowest BCUT2D eigenvalue weighted by Gasteiger charge is -2.25. The van der Waals surface area contributed by atoms with E-state index in [4.69, 9.17) is 16.3 Å². The molecule has 1 aliphatic heterocycles. The highest BCUT2D eigenvalue weighted by Crippen LogP contribution is 2.36. The Kier molecular flexibility index (Phi) is 4.70. The van der Waals surface area contributed by atoms with Crippen LogP contribution < -0.4 is 10.3 Å². The van der Waals surface area contributed by atoms with Crippen molar-refractivity contribution in [1.82, 2.24) is 19.2 Å². The summed E-state index contributed by atoms with van der Waals surface area (Å²) in [6.45, 7) is 2.85. The molecule has 4 rings (SSSR count). The van der Waals surface area contributed by atoms with Gasteiger partial charge >= 0.3 is 0 Å². The van der Waals surface area contributed by atoms with E-state index in [0.717, 1.165) is 4.68 Å². The highest BCUT2D eigenvalue weighted by molar-refractivity contribution is 6.30. The van der Waals surface area contributed by atoms with E-state index < -0.39 is 17.1 Å². The lowest BCUT2D eigenvalue weighted by atomic mass is 10.2. The SMILES string of the molecule is CCOc1nn(Cc2ccc(F)c(Cl)c2)c(=O)c2c(O)c3n(c12)CCN(C)C3=O. The molecule has 0 spiro atoms. The van der Waals surface area contributed by atoms with Crippen LogP contribution in [-0.2, 0) is 13.1 Å². The zero-order valence-corrected chi connectivity index (χ0v) is 16.5. The first-order valence-corrected chi connectivity index (χ1v) is 9.39. The molecule has 0 saturated carbocycles. The Bertz CT molecular complexity index is 1200. The molecule has 0 fully saturated rings. The maximum Gasteiger partial charge on any atom is 0.280 e. The van der Waals surface area contributed by atoms with E-state index in [9.17, 15) is 19.1 Å². The van der Waals surface area contributed by atoms with E-state index in [0.29, 0.717) is 24.2 Å². The first-order valence-electron chi connectivity index (χ1n) is 9.02. The number of aromatic hydroxyl groups is 1. The van der Waals surface area contributed by atoms with Gasteiger partial charge in [0.25, 0.3) is 17.3 Å². The van der Waals surface area contributed by atoms with Crippen molar-refractivity contribution in [3.05, 3.63) is 50.7 Å². The number of ether oxygens (including phenoxy) is 1. The normalized spacial score (nSPS) is 13.8. The summed E-state index contributed by atoms with van der Waals surface area (Å²) in [5.74, 6) is -1.21. The fourth-order valence-electron chi connectivity index (χ4n) is 3.49. The van der Waals surface area contributed by atoms with Crippen molar-refractivity contribution in [2.24, 2.45) is 0 Å². The maximum atomic E-state index is 13.4. The summed E-state index contributed by atoms with van der Waals surface area (Å²) in [5, 5.41) is 14.9. The summed E-state index contributed by atoms with van der Waals surface area (Å²) in [7, 11) is 1.63. The average molecular weight is 421 g/mol. The van der Waals surface area contributed by atoms with Gasteiger partial charge in [-0.15, -0.1) is 5.10 Å². The summed E-state index contributed by atoms with van der Waals surface area (Å²) in [5.41, 5.74) is 0.293. The number of likely N-dealkylation sites (N-methyl/N-ethyl adjacent to an activating group) is 1. The molecule has 3 heterocycles. The molecular weight excluding hydrogens is 403 g/mol. The standard InChI is InChI=1S/C19H18ClFN4O4/c1-3-29-17-14-13(16(26)15-19(28)23(2)6-7-24(14)15)18(27)25(22-17)9-10-4-5-12(21)11(20)8-10/h4-5,8,26H,3,6-7,9H2,1-2H3. The smallest absolute Gasteiger partial charge is 0.280 e. The Labute approximate surface area is 169 Å². The van der Waals surface area contributed by atoms with Gasteiger partial charge in [0.2, 0.25) is 0 Å². The topological polar surface area (TPSA) is 89.6 Å². The van der Waals surface area contributed by atoms with E-state index in [-0.39, 0.29) is 41.0 Å². The minimum atomic E-state index is -0.584. The number of carbonyl (C=O) groups is 1. The first kappa shape index (κ1) is 19.3. The van der Waals surface area contributed by atoms with Crippen LogP contribution in [0, 0.1) is 5.82 Å². The van der Waals surface area contributed by atoms with Crippen LogP contribution in [0.5, 0.6) is 11.6 Å². The molecule has 1 aliphatic rings. The summed E-state index contributed by atoms with van der Waals surface area (Å²) in [6.07, 6.45) is 0. The molecule has 1 N–H and O–H groups in total. The van der Waals surface area contributed by atoms with Crippen LogP contribution in [0.2, 0.25) is 5.02 Å². The molecule has 8 nitrogen and oxygen atoms in total. The number of fused-ring (bicyclic) bond motifs is 3. The molecule has 152 valence electrons. The summed E-state index contributed by atoms with van der Waals surface area (Å²) in [4.78, 5) is 27.1. The number of benzene rings is 1. The molecule has 0 bridgehead atoms. The largest absolute Gasteiger partial charge is 0.505 e. The van der Waals surface area contributed by atoms with Crippen molar-refractivity contribution >= 4 is 28.4 Å². The number of nitrogens with zero attached hydrogens (tertiary/aromatic N) is 4. The molecule has 1 amide bonds. The summed E-state index contributed by atoms with van der Waals surface area (Å²) < 4.78 is 21.7. The van der Waals surface area contributed by atoms with E-state index >= 15 is 0 Å². The van der Waals surface area contributed by atoms with E-state index in [1.807, 2.05) is 0 Å². The van der Waals surface area contributed by atoms with Crippen LogP contribution in [0.4, 0.5) is 4.39 Å². The molecule has 29 heavy (non-hydrogen) atoms. The van der Waals surface area contributed by atoms with Crippen molar-refractivity contribution in [1.29, 1.82) is 0 Å². The van der Waals surface area contributed by atoms with Crippen molar-refractivity contribution in [3.63, 3.8) is 0 Å². The Morgan fingerprint density at radius 3 is 2.76 bits per heavy atom. The van der Waals surface area contributed by atoms with Crippen LogP contribution in [0.1, 0.15) is 23.0 Å². The van der Waals surface area contributed by atoms with Gasteiger partial charge in [-0.1, -0.05) is 17.7 Å². The lowest BCUT2D eigenvalue weighted by Crippen LogP contribution is -2.37. The maximum absolute atomic E-state index is 13.4. The molecule has 0 radical (unpaired) electrons.